The summed E-state index contributed by atoms with van der Waals surface area (Å²) in [6.45, 7) is 3.43. The highest BCUT2D eigenvalue weighted by Gasteiger charge is 2.26. The van der Waals surface area contributed by atoms with E-state index in [9.17, 15) is 14.4 Å². The van der Waals surface area contributed by atoms with Crippen molar-refractivity contribution in [1.29, 1.82) is 0 Å². The Morgan fingerprint density at radius 3 is 2.76 bits per heavy atom. The number of hydrogen-bond donors (Lipinski definition) is 1. The molecular weight excluding hydrogens is 442 g/mol. The lowest BCUT2D eigenvalue weighted by atomic mass is 10.2. The fraction of sp³-hybridized carbons (Fsp3) is 0.458. The highest BCUT2D eigenvalue weighted by atomic mass is 32.1. The average molecular weight is 470 g/mol. The SMILES string of the molecule is CCOc1ccc(-n2c(=O)c3c4c(sc3n(CC(=O)NC[C@@H]3CCCO3)c2=O)CCC4)cc1. The first kappa shape index (κ1) is 21.9. The van der Waals surface area contributed by atoms with E-state index in [-0.39, 0.29) is 24.1 Å². The number of carbonyl (C=O) groups excluding carboxylic acids is 1. The number of aromatic nitrogens is 2. The first-order chi connectivity index (χ1) is 16.1. The van der Waals surface area contributed by atoms with Gasteiger partial charge in [-0.1, -0.05) is 0 Å². The van der Waals surface area contributed by atoms with E-state index in [0.29, 0.717) is 41.4 Å². The molecule has 5 rings (SSSR count). The number of nitrogens with zero attached hydrogens (tertiary/aromatic N) is 2. The minimum Gasteiger partial charge on any atom is -0.494 e. The summed E-state index contributed by atoms with van der Waals surface area (Å²) >= 11 is 1.46. The molecule has 8 nitrogen and oxygen atoms in total. The van der Waals surface area contributed by atoms with Crippen LogP contribution in [0.15, 0.2) is 33.9 Å². The number of carbonyl (C=O) groups is 1. The van der Waals surface area contributed by atoms with Crippen molar-refractivity contribution in [3.8, 4) is 11.4 Å². The Labute approximate surface area is 194 Å². The number of hydrogen-bond acceptors (Lipinski definition) is 6. The van der Waals surface area contributed by atoms with E-state index in [0.717, 1.165) is 42.5 Å². The van der Waals surface area contributed by atoms with Gasteiger partial charge in [-0.25, -0.2) is 9.36 Å². The topological polar surface area (TPSA) is 91.6 Å². The molecule has 174 valence electrons. The molecular formula is C24H27N3O5S. The van der Waals surface area contributed by atoms with Crippen molar-refractivity contribution in [3.05, 3.63) is 55.5 Å². The lowest BCUT2D eigenvalue weighted by Gasteiger charge is -2.14. The Morgan fingerprint density at radius 2 is 2.03 bits per heavy atom. The zero-order valence-electron chi connectivity index (χ0n) is 18.6. The van der Waals surface area contributed by atoms with Crippen molar-refractivity contribution in [2.75, 3.05) is 19.8 Å². The van der Waals surface area contributed by atoms with Crippen LogP contribution in [0.3, 0.4) is 0 Å². The van der Waals surface area contributed by atoms with E-state index in [1.807, 2.05) is 6.92 Å². The van der Waals surface area contributed by atoms with Gasteiger partial charge in [0, 0.05) is 18.0 Å². The van der Waals surface area contributed by atoms with Crippen LogP contribution in [0.5, 0.6) is 5.75 Å². The van der Waals surface area contributed by atoms with Crippen LogP contribution >= 0.6 is 11.3 Å². The van der Waals surface area contributed by atoms with Gasteiger partial charge in [0.2, 0.25) is 5.91 Å². The molecule has 9 heteroatoms. The molecule has 0 saturated carbocycles. The van der Waals surface area contributed by atoms with Crippen molar-refractivity contribution in [2.45, 2.75) is 51.7 Å². The summed E-state index contributed by atoms with van der Waals surface area (Å²) in [6.07, 6.45) is 4.65. The molecule has 3 heterocycles. The van der Waals surface area contributed by atoms with Gasteiger partial charge < -0.3 is 14.8 Å². The molecule has 1 aromatic carbocycles. The summed E-state index contributed by atoms with van der Waals surface area (Å²) in [4.78, 5) is 41.6. The third kappa shape index (κ3) is 4.11. The maximum Gasteiger partial charge on any atom is 0.337 e. The third-order valence-electron chi connectivity index (χ3n) is 6.25. The number of ether oxygens (including phenoxy) is 2. The number of fused-ring (bicyclic) bond motifs is 3. The molecule has 1 fully saturated rings. The number of nitrogens with one attached hydrogen (secondary N) is 1. The van der Waals surface area contributed by atoms with Crippen LogP contribution in [-0.2, 0) is 28.9 Å². The monoisotopic (exact) mass is 469 g/mol. The molecule has 2 aliphatic rings. The van der Waals surface area contributed by atoms with E-state index in [1.165, 1.54) is 20.5 Å². The van der Waals surface area contributed by atoms with Crippen LogP contribution in [-0.4, -0.2) is 40.9 Å². The van der Waals surface area contributed by atoms with Crippen molar-refractivity contribution in [3.63, 3.8) is 0 Å². The van der Waals surface area contributed by atoms with Crippen LogP contribution in [0, 0.1) is 0 Å². The second-order valence-electron chi connectivity index (χ2n) is 8.41. The molecule has 1 amide bonds. The molecule has 1 aliphatic heterocycles. The largest absolute Gasteiger partial charge is 0.494 e. The molecule has 1 atom stereocenters. The van der Waals surface area contributed by atoms with Gasteiger partial charge in [-0.3, -0.25) is 14.2 Å². The lowest BCUT2D eigenvalue weighted by molar-refractivity contribution is -0.122. The quantitative estimate of drug-likeness (QED) is 0.574. The van der Waals surface area contributed by atoms with E-state index in [4.69, 9.17) is 9.47 Å². The summed E-state index contributed by atoms with van der Waals surface area (Å²) in [6, 6.07) is 6.89. The van der Waals surface area contributed by atoms with Crippen LogP contribution in [0.4, 0.5) is 0 Å². The predicted molar refractivity (Wildman–Crippen MR) is 127 cm³/mol. The molecule has 33 heavy (non-hydrogen) atoms. The summed E-state index contributed by atoms with van der Waals surface area (Å²) in [5, 5.41) is 3.45. The molecule has 0 unspecified atom stereocenters. The first-order valence-corrected chi connectivity index (χ1v) is 12.3. The molecule has 1 aliphatic carbocycles. The molecule has 1 N–H and O–H groups in total. The van der Waals surface area contributed by atoms with Gasteiger partial charge in [0.1, 0.15) is 17.1 Å². The Balaban J connectivity index is 1.56. The maximum absolute atomic E-state index is 13.5. The summed E-state index contributed by atoms with van der Waals surface area (Å²) in [7, 11) is 0. The van der Waals surface area contributed by atoms with Crippen LogP contribution in [0.25, 0.3) is 15.9 Å². The zero-order chi connectivity index (χ0) is 22.9. The van der Waals surface area contributed by atoms with Crippen LogP contribution in [0.1, 0.15) is 36.6 Å². The molecule has 0 radical (unpaired) electrons. The molecule has 1 saturated heterocycles. The third-order valence-corrected chi connectivity index (χ3v) is 7.56. The Bertz CT molecular complexity index is 1300. The maximum atomic E-state index is 13.5. The Morgan fingerprint density at radius 1 is 1.21 bits per heavy atom. The van der Waals surface area contributed by atoms with Gasteiger partial charge in [-0.15, -0.1) is 11.3 Å². The van der Waals surface area contributed by atoms with Gasteiger partial charge in [0.05, 0.1) is 23.8 Å². The fourth-order valence-electron chi connectivity index (χ4n) is 4.66. The van der Waals surface area contributed by atoms with E-state index in [1.54, 1.807) is 24.3 Å². The van der Waals surface area contributed by atoms with Gasteiger partial charge >= 0.3 is 5.69 Å². The number of amides is 1. The molecule has 0 spiro atoms. The van der Waals surface area contributed by atoms with Gasteiger partial charge in [-0.05, 0) is 68.9 Å². The standard InChI is InChI=1S/C24H27N3O5S/c1-2-31-16-10-8-15(9-11-16)27-22(29)21-18-6-3-7-19(18)33-23(21)26(24(27)30)14-20(28)25-13-17-5-4-12-32-17/h8-11,17H,2-7,12-14H2,1H3,(H,25,28)/t17-/m0/s1. The van der Waals surface area contributed by atoms with E-state index in [2.05, 4.69) is 5.32 Å². The van der Waals surface area contributed by atoms with Crippen molar-refractivity contribution in [2.24, 2.45) is 0 Å². The Kier molecular flexibility index (Phi) is 6.07. The first-order valence-electron chi connectivity index (χ1n) is 11.5. The summed E-state index contributed by atoms with van der Waals surface area (Å²) in [5.41, 5.74) is 0.647. The minimum atomic E-state index is -0.510. The number of rotatable bonds is 7. The molecule has 2 aromatic heterocycles. The Hall–Kier alpha value is -2.91. The highest BCUT2D eigenvalue weighted by Crippen LogP contribution is 2.35. The number of aryl methyl sites for hydroxylation is 2. The smallest absolute Gasteiger partial charge is 0.337 e. The molecule has 0 bridgehead atoms. The summed E-state index contributed by atoms with van der Waals surface area (Å²) in [5.74, 6) is 0.403. The van der Waals surface area contributed by atoms with Crippen molar-refractivity contribution in [1.82, 2.24) is 14.5 Å². The van der Waals surface area contributed by atoms with E-state index >= 15 is 0 Å². The number of benzene rings is 1. The van der Waals surface area contributed by atoms with Crippen LogP contribution in [0.2, 0.25) is 0 Å². The zero-order valence-corrected chi connectivity index (χ0v) is 19.4. The lowest BCUT2D eigenvalue weighted by Crippen LogP contribution is -2.42. The van der Waals surface area contributed by atoms with E-state index < -0.39 is 5.69 Å². The normalized spacial score (nSPS) is 17.4. The summed E-state index contributed by atoms with van der Waals surface area (Å²) < 4.78 is 13.7. The highest BCUT2D eigenvalue weighted by molar-refractivity contribution is 7.19. The fourth-order valence-corrected chi connectivity index (χ4v) is 6.04. The van der Waals surface area contributed by atoms with Gasteiger partial charge in [-0.2, -0.15) is 0 Å². The molecule has 3 aromatic rings. The van der Waals surface area contributed by atoms with Crippen LogP contribution < -0.4 is 21.3 Å². The minimum absolute atomic E-state index is 0.0223. The average Bonchev–Trinajstić information content (AvgIpc) is 3.54. The van der Waals surface area contributed by atoms with Crippen molar-refractivity contribution >= 4 is 27.5 Å². The van der Waals surface area contributed by atoms with Gasteiger partial charge in [0.15, 0.2) is 0 Å². The van der Waals surface area contributed by atoms with Crippen molar-refractivity contribution < 1.29 is 14.3 Å². The number of thiophene rings is 1. The second kappa shape index (κ2) is 9.15. The predicted octanol–water partition coefficient (Wildman–Crippen LogP) is 2.40. The van der Waals surface area contributed by atoms with Gasteiger partial charge in [0.25, 0.3) is 5.56 Å². The second-order valence-corrected chi connectivity index (χ2v) is 9.50.